The molecule has 0 atom stereocenters. The van der Waals surface area contributed by atoms with E-state index in [-0.39, 0.29) is 4.90 Å². The monoisotopic (exact) mass is 289 g/mol. The third-order valence-electron chi connectivity index (χ3n) is 2.86. The van der Waals surface area contributed by atoms with E-state index in [1.807, 2.05) is 18.2 Å². The lowest BCUT2D eigenvalue weighted by atomic mass is 10.2. The number of aromatic amines is 1. The van der Waals surface area contributed by atoms with Crippen LogP contribution < -0.4 is 5.32 Å². The van der Waals surface area contributed by atoms with Crippen LogP contribution in [0.1, 0.15) is 0 Å². The van der Waals surface area contributed by atoms with Gasteiger partial charge in [-0.1, -0.05) is 0 Å². The average molecular weight is 289 g/mol. The number of anilines is 2. The van der Waals surface area contributed by atoms with Crippen LogP contribution in [0.5, 0.6) is 0 Å². The summed E-state index contributed by atoms with van der Waals surface area (Å²) in [7, 11) is -4.15. The summed E-state index contributed by atoms with van der Waals surface area (Å²) in [5, 5.41) is 3.14. The molecule has 0 radical (unpaired) electrons. The van der Waals surface area contributed by atoms with E-state index in [0.29, 0.717) is 0 Å². The molecule has 0 aliphatic heterocycles. The maximum atomic E-state index is 10.9. The zero-order chi connectivity index (χ0) is 14.2. The Morgan fingerprint density at radius 2 is 1.75 bits per heavy atom. The molecule has 1 heterocycles. The number of hydrogen-bond donors (Lipinski definition) is 3. The van der Waals surface area contributed by atoms with Gasteiger partial charge in [-0.2, -0.15) is 8.42 Å². The van der Waals surface area contributed by atoms with E-state index in [0.717, 1.165) is 22.4 Å². The normalized spacial score (nSPS) is 11.7. The fraction of sp³-hybridized carbons (Fsp3) is 0. The maximum absolute atomic E-state index is 10.9. The molecule has 2 aromatic carbocycles. The molecule has 3 aromatic rings. The Kier molecular flexibility index (Phi) is 2.92. The molecule has 3 N–H and O–H groups in total. The van der Waals surface area contributed by atoms with Crippen molar-refractivity contribution in [1.82, 2.24) is 9.97 Å². The second kappa shape index (κ2) is 4.62. The van der Waals surface area contributed by atoms with Gasteiger partial charge < -0.3 is 10.3 Å². The summed E-state index contributed by atoms with van der Waals surface area (Å²) in [4.78, 5) is 7.01. The van der Waals surface area contributed by atoms with Gasteiger partial charge >= 0.3 is 0 Å². The molecular formula is C13H11N3O3S. The van der Waals surface area contributed by atoms with Crippen molar-refractivity contribution < 1.29 is 13.0 Å². The predicted molar refractivity (Wildman–Crippen MR) is 75.6 cm³/mol. The summed E-state index contributed by atoms with van der Waals surface area (Å²) in [5.74, 6) is 0. The number of hydrogen-bond acceptors (Lipinski definition) is 4. The first-order chi connectivity index (χ1) is 9.52. The first-order valence-electron chi connectivity index (χ1n) is 5.80. The lowest BCUT2D eigenvalue weighted by Crippen LogP contribution is -1.98. The molecule has 0 spiro atoms. The second-order valence-electron chi connectivity index (χ2n) is 4.26. The highest BCUT2D eigenvalue weighted by Gasteiger charge is 2.08. The molecule has 0 aliphatic rings. The summed E-state index contributed by atoms with van der Waals surface area (Å²) >= 11 is 0. The van der Waals surface area contributed by atoms with Gasteiger partial charge in [0.25, 0.3) is 10.1 Å². The minimum Gasteiger partial charge on any atom is -0.355 e. The first-order valence-corrected chi connectivity index (χ1v) is 7.24. The molecule has 7 heteroatoms. The van der Waals surface area contributed by atoms with Gasteiger partial charge in [-0.15, -0.1) is 0 Å². The third-order valence-corrected chi connectivity index (χ3v) is 3.73. The number of nitrogens with zero attached hydrogens (tertiary/aromatic N) is 1. The zero-order valence-corrected chi connectivity index (χ0v) is 11.1. The molecule has 0 unspecified atom stereocenters. The average Bonchev–Trinajstić information content (AvgIpc) is 2.86. The molecule has 0 bridgehead atoms. The number of rotatable bonds is 3. The van der Waals surface area contributed by atoms with Gasteiger partial charge in [0, 0.05) is 11.4 Å². The molecule has 0 saturated carbocycles. The fourth-order valence-corrected chi connectivity index (χ4v) is 2.37. The molecule has 6 nitrogen and oxygen atoms in total. The van der Waals surface area contributed by atoms with Crippen molar-refractivity contribution in [2.24, 2.45) is 0 Å². The fourth-order valence-electron chi connectivity index (χ4n) is 1.89. The topological polar surface area (TPSA) is 95.1 Å². The predicted octanol–water partition coefficient (Wildman–Crippen LogP) is 2.55. The number of aromatic nitrogens is 2. The van der Waals surface area contributed by atoms with Crippen molar-refractivity contribution in [2.45, 2.75) is 4.90 Å². The highest BCUT2D eigenvalue weighted by molar-refractivity contribution is 7.85. The third kappa shape index (κ3) is 2.49. The Balaban J connectivity index is 1.87. The van der Waals surface area contributed by atoms with Gasteiger partial charge in [-0.25, -0.2) is 4.98 Å². The van der Waals surface area contributed by atoms with Crippen LogP contribution in [-0.2, 0) is 10.1 Å². The van der Waals surface area contributed by atoms with Crippen LogP contribution in [0.2, 0.25) is 0 Å². The van der Waals surface area contributed by atoms with E-state index >= 15 is 0 Å². The summed E-state index contributed by atoms with van der Waals surface area (Å²) in [5.41, 5.74) is 3.35. The summed E-state index contributed by atoms with van der Waals surface area (Å²) in [6, 6.07) is 11.5. The lowest BCUT2D eigenvalue weighted by molar-refractivity contribution is 0.483. The molecule has 1 aromatic heterocycles. The molecule has 3 rings (SSSR count). The minimum atomic E-state index is -4.15. The molecule has 0 saturated heterocycles. The molecule has 102 valence electrons. The Morgan fingerprint density at radius 3 is 2.45 bits per heavy atom. The lowest BCUT2D eigenvalue weighted by Gasteiger charge is -2.06. The minimum absolute atomic E-state index is 0.132. The van der Waals surface area contributed by atoms with E-state index < -0.39 is 10.1 Å². The number of H-pyrrole nitrogens is 1. The molecule has 20 heavy (non-hydrogen) atoms. The molecular weight excluding hydrogens is 278 g/mol. The van der Waals surface area contributed by atoms with Gasteiger partial charge in [0.05, 0.1) is 22.3 Å². The maximum Gasteiger partial charge on any atom is 0.294 e. The molecule has 0 fully saturated rings. The zero-order valence-electron chi connectivity index (χ0n) is 10.2. The van der Waals surface area contributed by atoms with Crippen molar-refractivity contribution in [3.63, 3.8) is 0 Å². The van der Waals surface area contributed by atoms with Gasteiger partial charge in [0.15, 0.2) is 0 Å². The largest absolute Gasteiger partial charge is 0.355 e. The highest BCUT2D eigenvalue weighted by Crippen LogP contribution is 2.21. The van der Waals surface area contributed by atoms with E-state index in [4.69, 9.17) is 4.55 Å². The van der Waals surface area contributed by atoms with Crippen LogP contribution >= 0.6 is 0 Å². The summed E-state index contributed by atoms with van der Waals surface area (Å²) < 4.78 is 30.8. The van der Waals surface area contributed by atoms with E-state index in [9.17, 15) is 8.42 Å². The molecule has 0 amide bonds. The highest BCUT2D eigenvalue weighted by atomic mass is 32.2. The van der Waals surface area contributed by atoms with E-state index in [2.05, 4.69) is 15.3 Å². The number of nitrogens with one attached hydrogen (secondary N) is 2. The van der Waals surface area contributed by atoms with Crippen LogP contribution in [-0.4, -0.2) is 22.9 Å². The Labute approximate surface area is 115 Å². The smallest absolute Gasteiger partial charge is 0.294 e. The number of benzene rings is 2. The quantitative estimate of drug-likeness (QED) is 0.644. The van der Waals surface area contributed by atoms with Crippen LogP contribution in [0.25, 0.3) is 11.0 Å². The van der Waals surface area contributed by atoms with Crippen molar-refractivity contribution in [2.75, 3.05) is 5.32 Å². The van der Waals surface area contributed by atoms with Crippen molar-refractivity contribution >= 4 is 32.5 Å². The van der Waals surface area contributed by atoms with Gasteiger partial charge in [-0.3, -0.25) is 4.55 Å². The van der Waals surface area contributed by atoms with Crippen LogP contribution in [0, 0.1) is 0 Å². The standard InChI is InChI=1S/C13H11N3O3S/c17-20(18,19)11-4-1-9(2-5-11)16-10-3-6-12-13(7-10)15-8-14-12/h1-8,16H,(H,14,15)(H,17,18,19). The van der Waals surface area contributed by atoms with Gasteiger partial charge in [0.1, 0.15) is 0 Å². The van der Waals surface area contributed by atoms with Crippen LogP contribution in [0.15, 0.2) is 53.7 Å². The molecule has 0 aliphatic carbocycles. The number of imidazole rings is 1. The first kappa shape index (κ1) is 12.6. The second-order valence-corrected chi connectivity index (χ2v) is 5.68. The van der Waals surface area contributed by atoms with E-state index in [1.54, 1.807) is 18.5 Å². The van der Waals surface area contributed by atoms with E-state index in [1.165, 1.54) is 12.1 Å². The SMILES string of the molecule is O=S(=O)(O)c1ccc(Nc2ccc3nc[nH]c3c2)cc1. The van der Waals surface area contributed by atoms with Crippen LogP contribution in [0.3, 0.4) is 0 Å². The van der Waals surface area contributed by atoms with Gasteiger partial charge in [0.2, 0.25) is 0 Å². The van der Waals surface area contributed by atoms with Crippen molar-refractivity contribution in [3.8, 4) is 0 Å². The summed E-state index contributed by atoms with van der Waals surface area (Å²) in [6.07, 6.45) is 1.62. The van der Waals surface area contributed by atoms with Crippen molar-refractivity contribution in [3.05, 3.63) is 48.8 Å². The summed E-state index contributed by atoms with van der Waals surface area (Å²) in [6.45, 7) is 0. The van der Waals surface area contributed by atoms with Crippen molar-refractivity contribution in [1.29, 1.82) is 0 Å². The number of fused-ring (bicyclic) bond motifs is 1. The Morgan fingerprint density at radius 1 is 1.05 bits per heavy atom. The van der Waals surface area contributed by atoms with Gasteiger partial charge in [-0.05, 0) is 42.5 Å². The Hall–Kier alpha value is -2.38. The van der Waals surface area contributed by atoms with Crippen LogP contribution in [0.4, 0.5) is 11.4 Å². The Bertz CT molecular complexity index is 854.